The molecule has 23 heavy (non-hydrogen) atoms. The van der Waals surface area contributed by atoms with Crippen molar-refractivity contribution in [2.45, 2.75) is 51.7 Å². The van der Waals surface area contributed by atoms with E-state index in [1.165, 1.54) is 31.0 Å². The van der Waals surface area contributed by atoms with Gasteiger partial charge in [-0.15, -0.1) is 0 Å². The van der Waals surface area contributed by atoms with E-state index in [0.717, 1.165) is 18.4 Å². The van der Waals surface area contributed by atoms with Crippen molar-refractivity contribution < 1.29 is 9.13 Å². The van der Waals surface area contributed by atoms with Crippen molar-refractivity contribution in [1.29, 1.82) is 0 Å². The van der Waals surface area contributed by atoms with E-state index in [-0.39, 0.29) is 17.9 Å². The van der Waals surface area contributed by atoms with Crippen molar-refractivity contribution in [3.05, 3.63) is 47.4 Å². The molecule has 0 saturated heterocycles. The SMILES string of the molecule is Cc1ccc(CNc2nc(OC3CCCCC3)ncc2F)cc1. The summed E-state index contributed by atoms with van der Waals surface area (Å²) in [5.74, 6) is -0.278. The Hall–Kier alpha value is -2.17. The number of ether oxygens (including phenoxy) is 1. The summed E-state index contributed by atoms with van der Waals surface area (Å²) in [5, 5.41) is 3.02. The van der Waals surface area contributed by atoms with E-state index in [4.69, 9.17) is 4.74 Å². The second-order valence-electron chi connectivity index (χ2n) is 6.07. The number of halogens is 1. The highest BCUT2D eigenvalue weighted by Crippen LogP contribution is 2.22. The van der Waals surface area contributed by atoms with Crippen LogP contribution in [0.15, 0.2) is 30.5 Å². The van der Waals surface area contributed by atoms with Crippen LogP contribution in [0, 0.1) is 12.7 Å². The molecule has 0 atom stereocenters. The number of aromatic nitrogens is 2. The van der Waals surface area contributed by atoms with Crippen LogP contribution in [0.3, 0.4) is 0 Å². The zero-order chi connectivity index (χ0) is 16.1. The first kappa shape index (κ1) is 15.7. The fourth-order valence-electron chi connectivity index (χ4n) is 2.76. The summed E-state index contributed by atoms with van der Waals surface area (Å²) in [6.07, 6.45) is 6.96. The van der Waals surface area contributed by atoms with Crippen molar-refractivity contribution in [3.8, 4) is 6.01 Å². The van der Waals surface area contributed by atoms with Crippen LogP contribution in [0.25, 0.3) is 0 Å². The van der Waals surface area contributed by atoms with Gasteiger partial charge in [-0.25, -0.2) is 9.37 Å². The molecular formula is C18H22FN3O. The Balaban J connectivity index is 1.63. The summed E-state index contributed by atoms with van der Waals surface area (Å²) < 4.78 is 19.7. The third-order valence-corrected chi connectivity index (χ3v) is 4.13. The molecule has 0 aliphatic heterocycles. The fraction of sp³-hybridized carbons (Fsp3) is 0.444. The third kappa shape index (κ3) is 4.41. The highest BCUT2D eigenvalue weighted by atomic mass is 19.1. The van der Waals surface area contributed by atoms with Crippen molar-refractivity contribution in [2.75, 3.05) is 5.32 Å². The molecule has 1 aliphatic carbocycles. The molecule has 0 spiro atoms. The van der Waals surface area contributed by atoms with Crippen LogP contribution < -0.4 is 10.1 Å². The van der Waals surface area contributed by atoms with E-state index in [1.807, 2.05) is 31.2 Å². The van der Waals surface area contributed by atoms with Gasteiger partial charge in [-0.2, -0.15) is 4.98 Å². The number of nitrogens with one attached hydrogen (secondary N) is 1. The maximum atomic E-state index is 13.9. The van der Waals surface area contributed by atoms with Gasteiger partial charge in [0.2, 0.25) is 0 Å². The lowest BCUT2D eigenvalue weighted by Crippen LogP contribution is -2.21. The van der Waals surface area contributed by atoms with Crippen LogP contribution >= 0.6 is 0 Å². The number of nitrogens with zero attached hydrogens (tertiary/aromatic N) is 2. The molecule has 1 saturated carbocycles. The minimum Gasteiger partial charge on any atom is -0.460 e. The van der Waals surface area contributed by atoms with Crippen molar-refractivity contribution in [3.63, 3.8) is 0 Å². The molecular weight excluding hydrogens is 293 g/mol. The van der Waals surface area contributed by atoms with Crippen LogP contribution in [0.5, 0.6) is 6.01 Å². The predicted molar refractivity (Wildman–Crippen MR) is 88.0 cm³/mol. The van der Waals surface area contributed by atoms with E-state index in [1.54, 1.807) is 0 Å². The number of hydrogen-bond acceptors (Lipinski definition) is 4. The fourth-order valence-corrected chi connectivity index (χ4v) is 2.76. The van der Waals surface area contributed by atoms with Crippen LogP contribution in [0.2, 0.25) is 0 Å². The first-order valence-electron chi connectivity index (χ1n) is 8.19. The minimum absolute atomic E-state index is 0.152. The molecule has 5 heteroatoms. The van der Waals surface area contributed by atoms with Crippen LogP contribution in [0.1, 0.15) is 43.2 Å². The highest BCUT2D eigenvalue weighted by Gasteiger charge is 2.17. The average Bonchev–Trinajstić information content (AvgIpc) is 2.58. The van der Waals surface area contributed by atoms with E-state index in [9.17, 15) is 4.39 Å². The average molecular weight is 315 g/mol. The normalized spacial score (nSPS) is 15.4. The second kappa shape index (κ2) is 7.40. The first-order valence-corrected chi connectivity index (χ1v) is 8.19. The number of aryl methyl sites for hydroxylation is 1. The number of rotatable bonds is 5. The smallest absolute Gasteiger partial charge is 0.318 e. The Morgan fingerprint density at radius 1 is 1.17 bits per heavy atom. The summed E-state index contributed by atoms with van der Waals surface area (Å²) >= 11 is 0. The van der Waals surface area contributed by atoms with Gasteiger partial charge in [0.05, 0.1) is 6.20 Å². The Labute approximate surface area is 136 Å². The second-order valence-corrected chi connectivity index (χ2v) is 6.07. The lowest BCUT2D eigenvalue weighted by atomic mass is 9.98. The van der Waals surface area contributed by atoms with Gasteiger partial charge >= 0.3 is 6.01 Å². The third-order valence-electron chi connectivity index (χ3n) is 4.13. The van der Waals surface area contributed by atoms with E-state index < -0.39 is 5.82 Å². The zero-order valence-electron chi connectivity index (χ0n) is 13.4. The lowest BCUT2D eigenvalue weighted by molar-refractivity contribution is 0.141. The monoisotopic (exact) mass is 315 g/mol. The predicted octanol–water partition coefficient (Wildman–Crippen LogP) is 4.25. The topological polar surface area (TPSA) is 47.0 Å². The molecule has 1 aromatic carbocycles. The van der Waals surface area contributed by atoms with E-state index in [2.05, 4.69) is 15.3 Å². The van der Waals surface area contributed by atoms with Gasteiger partial charge in [0.1, 0.15) is 6.10 Å². The van der Waals surface area contributed by atoms with Crippen LogP contribution in [0.4, 0.5) is 10.2 Å². The molecule has 4 nitrogen and oxygen atoms in total. The summed E-state index contributed by atoms with van der Waals surface area (Å²) in [4.78, 5) is 8.13. The Morgan fingerprint density at radius 3 is 2.65 bits per heavy atom. The summed E-state index contributed by atoms with van der Waals surface area (Å²) in [6.45, 7) is 2.55. The minimum atomic E-state index is -0.465. The quantitative estimate of drug-likeness (QED) is 0.896. The number of benzene rings is 1. The molecule has 0 bridgehead atoms. The summed E-state index contributed by atoms with van der Waals surface area (Å²) in [6, 6.07) is 8.35. The van der Waals surface area contributed by atoms with Crippen molar-refractivity contribution in [2.24, 2.45) is 0 Å². The van der Waals surface area contributed by atoms with Gasteiger partial charge in [0, 0.05) is 6.54 Å². The molecule has 1 heterocycles. The molecule has 2 aromatic rings. The van der Waals surface area contributed by atoms with Gasteiger partial charge in [-0.05, 0) is 38.2 Å². The molecule has 0 radical (unpaired) electrons. The first-order chi connectivity index (χ1) is 11.2. The molecule has 0 unspecified atom stereocenters. The number of anilines is 1. The summed E-state index contributed by atoms with van der Waals surface area (Å²) in [7, 11) is 0. The van der Waals surface area contributed by atoms with Gasteiger partial charge < -0.3 is 10.1 Å². The standard InChI is InChI=1S/C18H22FN3O/c1-13-7-9-14(10-8-13)11-20-17-16(19)12-21-18(22-17)23-15-5-3-2-4-6-15/h7-10,12,15H,2-6,11H2,1H3,(H,20,21,22). The molecule has 1 fully saturated rings. The Kier molecular flexibility index (Phi) is 5.05. The summed E-state index contributed by atoms with van der Waals surface area (Å²) in [5.41, 5.74) is 2.27. The Morgan fingerprint density at radius 2 is 1.91 bits per heavy atom. The Bertz CT molecular complexity index is 639. The largest absolute Gasteiger partial charge is 0.460 e. The van der Waals surface area contributed by atoms with Gasteiger partial charge in [-0.3, -0.25) is 0 Å². The van der Waals surface area contributed by atoms with Crippen LogP contribution in [-0.4, -0.2) is 16.1 Å². The molecule has 3 rings (SSSR count). The van der Waals surface area contributed by atoms with Crippen LogP contribution in [-0.2, 0) is 6.54 Å². The molecule has 122 valence electrons. The number of hydrogen-bond donors (Lipinski definition) is 1. The van der Waals surface area contributed by atoms with Crippen molar-refractivity contribution in [1.82, 2.24) is 9.97 Å². The van der Waals surface area contributed by atoms with Gasteiger partial charge in [0.25, 0.3) is 0 Å². The van der Waals surface area contributed by atoms with Crippen molar-refractivity contribution >= 4 is 5.82 Å². The molecule has 0 amide bonds. The maximum Gasteiger partial charge on any atom is 0.318 e. The van der Waals surface area contributed by atoms with E-state index in [0.29, 0.717) is 6.54 Å². The molecule has 1 aliphatic rings. The van der Waals surface area contributed by atoms with Gasteiger partial charge in [0.15, 0.2) is 11.6 Å². The highest BCUT2D eigenvalue weighted by molar-refractivity contribution is 5.37. The molecule has 1 N–H and O–H groups in total. The van der Waals surface area contributed by atoms with Gasteiger partial charge in [-0.1, -0.05) is 36.2 Å². The lowest BCUT2D eigenvalue weighted by Gasteiger charge is -2.21. The zero-order valence-corrected chi connectivity index (χ0v) is 13.4. The molecule has 1 aromatic heterocycles. The maximum absolute atomic E-state index is 13.9. The van der Waals surface area contributed by atoms with E-state index >= 15 is 0 Å².